The summed E-state index contributed by atoms with van der Waals surface area (Å²) in [6, 6.07) is 0. The molecule has 1 N–H and O–H groups in total. The number of nitrogens with zero attached hydrogens (tertiary/aromatic N) is 4. The first-order valence-electron chi connectivity index (χ1n) is 4.61. The van der Waals surface area contributed by atoms with Gasteiger partial charge in [0.1, 0.15) is 0 Å². The molecule has 0 bridgehead atoms. The summed E-state index contributed by atoms with van der Waals surface area (Å²) >= 11 is 0. The topological polar surface area (TPSA) is 80.4 Å². The number of aromatic nitrogens is 4. The van der Waals surface area contributed by atoms with E-state index < -0.39 is 5.97 Å². The van der Waals surface area contributed by atoms with Crippen LogP contribution in [0.15, 0.2) is 12.4 Å². The van der Waals surface area contributed by atoms with Gasteiger partial charge in [0.15, 0.2) is 5.82 Å². The van der Waals surface area contributed by atoms with Crippen molar-refractivity contribution in [3.63, 3.8) is 0 Å². The number of carboxylic acids is 1. The maximum absolute atomic E-state index is 10.5. The summed E-state index contributed by atoms with van der Waals surface area (Å²) in [7, 11) is 0. The van der Waals surface area contributed by atoms with Crippen molar-refractivity contribution in [1.82, 2.24) is 19.6 Å². The molecule has 0 amide bonds. The average molecular weight is 206 g/mol. The molecule has 0 fully saturated rings. The number of fused-ring (bicyclic) bond motifs is 1. The number of hydrogen-bond acceptors (Lipinski definition) is 4. The van der Waals surface area contributed by atoms with E-state index in [1.807, 2.05) is 6.92 Å². The Balaban J connectivity index is 2.41. The van der Waals surface area contributed by atoms with E-state index in [-0.39, 0.29) is 6.42 Å². The summed E-state index contributed by atoms with van der Waals surface area (Å²) in [6.07, 6.45) is 3.84. The van der Waals surface area contributed by atoms with Crippen LogP contribution >= 0.6 is 0 Å². The molecular formula is C9H10N4O2. The molecule has 6 heteroatoms. The van der Waals surface area contributed by atoms with Gasteiger partial charge >= 0.3 is 5.97 Å². The number of aryl methyl sites for hydroxylation is 1. The zero-order valence-corrected chi connectivity index (χ0v) is 8.21. The van der Waals surface area contributed by atoms with Gasteiger partial charge in [0.25, 0.3) is 5.78 Å². The summed E-state index contributed by atoms with van der Waals surface area (Å²) in [5.41, 5.74) is 0.613. The van der Waals surface area contributed by atoms with Gasteiger partial charge in [0.2, 0.25) is 0 Å². The van der Waals surface area contributed by atoms with Crippen LogP contribution in [0.5, 0.6) is 0 Å². The molecule has 0 spiro atoms. The van der Waals surface area contributed by atoms with Gasteiger partial charge in [-0.1, -0.05) is 6.92 Å². The van der Waals surface area contributed by atoms with Crippen molar-refractivity contribution >= 4 is 11.7 Å². The number of aliphatic carboxylic acids is 1. The van der Waals surface area contributed by atoms with E-state index in [0.717, 1.165) is 6.42 Å². The molecule has 78 valence electrons. The molecule has 0 atom stereocenters. The maximum atomic E-state index is 10.5. The van der Waals surface area contributed by atoms with Crippen molar-refractivity contribution in [2.75, 3.05) is 0 Å². The first kappa shape index (κ1) is 9.57. The zero-order valence-electron chi connectivity index (χ0n) is 8.21. The first-order valence-corrected chi connectivity index (χ1v) is 4.61. The van der Waals surface area contributed by atoms with Crippen molar-refractivity contribution in [1.29, 1.82) is 0 Å². The number of rotatable bonds is 3. The summed E-state index contributed by atoms with van der Waals surface area (Å²) in [5.74, 6) is 0.322. The highest BCUT2D eigenvalue weighted by molar-refractivity contribution is 5.69. The first-order chi connectivity index (χ1) is 7.19. The third kappa shape index (κ3) is 1.93. The van der Waals surface area contributed by atoms with Gasteiger partial charge in [-0.25, -0.2) is 9.50 Å². The van der Waals surface area contributed by atoms with Gasteiger partial charge in [-0.3, -0.25) is 4.79 Å². The molecule has 2 aromatic heterocycles. The third-order valence-electron chi connectivity index (χ3n) is 1.96. The highest BCUT2D eigenvalue weighted by Crippen LogP contribution is 2.02. The highest BCUT2D eigenvalue weighted by Gasteiger charge is 2.05. The molecule has 0 aliphatic carbocycles. The lowest BCUT2D eigenvalue weighted by Crippen LogP contribution is -2.02. The number of hydrogen-bond donors (Lipinski definition) is 1. The molecule has 0 saturated carbocycles. The van der Waals surface area contributed by atoms with Crippen molar-refractivity contribution in [2.45, 2.75) is 19.8 Å². The lowest BCUT2D eigenvalue weighted by atomic mass is 10.2. The van der Waals surface area contributed by atoms with Gasteiger partial charge in [0.05, 0.1) is 6.42 Å². The van der Waals surface area contributed by atoms with Crippen LogP contribution in [0.25, 0.3) is 5.78 Å². The van der Waals surface area contributed by atoms with Crippen LogP contribution in [-0.2, 0) is 17.6 Å². The normalized spacial score (nSPS) is 10.7. The third-order valence-corrected chi connectivity index (χ3v) is 1.96. The minimum Gasteiger partial charge on any atom is -0.481 e. The molecule has 0 unspecified atom stereocenters. The van der Waals surface area contributed by atoms with E-state index >= 15 is 0 Å². The van der Waals surface area contributed by atoms with Gasteiger partial charge in [-0.05, 0) is 0 Å². The molecule has 0 aliphatic heterocycles. The predicted molar refractivity (Wildman–Crippen MR) is 51.5 cm³/mol. The van der Waals surface area contributed by atoms with Crippen molar-refractivity contribution in [2.24, 2.45) is 0 Å². The second-order valence-electron chi connectivity index (χ2n) is 3.16. The molecule has 0 aromatic carbocycles. The Morgan fingerprint density at radius 3 is 3.07 bits per heavy atom. The maximum Gasteiger partial charge on any atom is 0.307 e. The fourth-order valence-electron chi connectivity index (χ4n) is 1.28. The van der Waals surface area contributed by atoms with E-state index in [9.17, 15) is 4.79 Å². The van der Waals surface area contributed by atoms with Crippen LogP contribution in [0.3, 0.4) is 0 Å². The van der Waals surface area contributed by atoms with Gasteiger partial charge in [-0.2, -0.15) is 4.98 Å². The molecule has 0 aliphatic rings. The molecule has 2 aromatic rings. The Kier molecular flexibility index (Phi) is 2.32. The number of carbonyl (C=O) groups is 1. The predicted octanol–water partition coefficient (Wildman–Crippen LogP) is 0.314. The molecule has 2 rings (SSSR count). The minimum absolute atomic E-state index is 0.0513. The molecule has 0 radical (unpaired) electrons. The van der Waals surface area contributed by atoms with Crippen molar-refractivity contribution in [3.8, 4) is 0 Å². The number of carboxylic acid groups (broad SMARTS) is 1. The zero-order chi connectivity index (χ0) is 10.8. The fraction of sp³-hybridized carbons (Fsp3) is 0.333. The molecule has 0 saturated heterocycles. The Morgan fingerprint density at radius 1 is 1.60 bits per heavy atom. The van der Waals surface area contributed by atoms with E-state index in [4.69, 9.17) is 5.11 Å². The largest absolute Gasteiger partial charge is 0.481 e. The quantitative estimate of drug-likeness (QED) is 0.781. The Hall–Kier alpha value is -1.98. The van der Waals surface area contributed by atoms with E-state index in [0.29, 0.717) is 17.2 Å². The Bertz CT molecular complexity index is 506. The summed E-state index contributed by atoms with van der Waals surface area (Å²) in [4.78, 5) is 18.7. The summed E-state index contributed by atoms with van der Waals surface area (Å²) < 4.78 is 1.51. The van der Waals surface area contributed by atoms with Crippen LogP contribution in [0.4, 0.5) is 0 Å². The Morgan fingerprint density at radius 2 is 2.40 bits per heavy atom. The van der Waals surface area contributed by atoms with Crippen LogP contribution < -0.4 is 0 Å². The van der Waals surface area contributed by atoms with Gasteiger partial charge in [-0.15, -0.1) is 5.10 Å². The van der Waals surface area contributed by atoms with Crippen LogP contribution in [0, 0.1) is 0 Å². The fourth-order valence-corrected chi connectivity index (χ4v) is 1.28. The molecule has 2 heterocycles. The second-order valence-corrected chi connectivity index (χ2v) is 3.16. The molecular weight excluding hydrogens is 196 g/mol. The monoisotopic (exact) mass is 206 g/mol. The van der Waals surface area contributed by atoms with E-state index in [2.05, 4.69) is 15.1 Å². The molecule has 15 heavy (non-hydrogen) atoms. The van der Waals surface area contributed by atoms with E-state index in [1.165, 1.54) is 10.7 Å². The Labute approximate surface area is 85.6 Å². The molecule has 6 nitrogen and oxygen atoms in total. The highest BCUT2D eigenvalue weighted by atomic mass is 16.4. The second kappa shape index (κ2) is 3.64. The lowest BCUT2D eigenvalue weighted by molar-refractivity contribution is -0.136. The standard InChI is InChI=1S/C9H10N4O2/c1-2-7-11-9-10-4-6(3-8(14)15)5-13(9)12-7/h4-5H,2-3H2,1H3,(H,14,15). The van der Waals surface area contributed by atoms with Crippen LogP contribution in [0.2, 0.25) is 0 Å². The summed E-state index contributed by atoms with van der Waals surface area (Å²) in [5, 5.41) is 12.8. The van der Waals surface area contributed by atoms with Crippen LogP contribution in [-0.4, -0.2) is 30.7 Å². The van der Waals surface area contributed by atoms with Gasteiger partial charge < -0.3 is 5.11 Å². The van der Waals surface area contributed by atoms with Crippen LogP contribution in [0.1, 0.15) is 18.3 Å². The minimum atomic E-state index is -0.882. The smallest absolute Gasteiger partial charge is 0.307 e. The average Bonchev–Trinajstić information content (AvgIpc) is 2.58. The van der Waals surface area contributed by atoms with Gasteiger partial charge in [0, 0.05) is 24.4 Å². The van der Waals surface area contributed by atoms with Crippen molar-refractivity contribution in [3.05, 3.63) is 23.8 Å². The van der Waals surface area contributed by atoms with Crippen molar-refractivity contribution < 1.29 is 9.90 Å². The summed E-state index contributed by atoms with van der Waals surface area (Å²) in [6.45, 7) is 1.95. The SMILES string of the molecule is CCc1nc2ncc(CC(=O)O)cn2n1. The lowest BCUT2D eigenvalue weighted by Gasteiger charge is -1.95. The van der Waals surface area contributed by atoms with E-state index in [1.54, 1.807) is 6.20 Å².